The van der Waals surface area contributed by atoms with Gasteiger partial charge in [-0.2, -0.15) is 0 Å². The second-order valence-corrected chi connectivity index (χ2v) is 2.39. The number of hydrogen-bond donors (Lipinski definition) is 1. The zero-order valence-electron chi connectivity index (χ0n) is 5.33. The van der Waals surface area contributed by atoms with Gasteiger partial charge in [0.2, 0.25) is 0 Å². The van der Waals surface area contributed by atoms with Crippen molar-refractivity contribution in [2.75, 3.05) is 6.61 Å². The number of carbonyl (C=O) groups excluding carboxylic acids is 1. The van der Waals surface area contributed by atoms with Crippen molar-refractivity contribution in [2.24, 2.45) is 5.92 Å². The van der Waals surface area contributed by atoms with Crippen molar-refractivity contribution >= 4 is 5.97 Å². The molecule has 1 heterocycles. The topological polar surface area (TPSA) is 46.5 Å². The fraction of sp³-hybridized carbons (Fsp3) is 0.833. The third-order valence-corrected chi connectivity index (χ3v) is 1.59. The van der Waals surface area contributed by atoms with Crippen molar-refractivity contribution in [1.29, 1.82) is 0 Å². The summed E-state index contributed by atoms with van der Waals surface area (Å²) in [5, 5.41) is 8.58. The summed E-state index contributed by atoms with van der Waals surface area (Å²) in [6.45, 7) is 1.85. The minimum Gasteiger partial charge on any atom is -0.460 e. The van der Waals surface area contributed by atoms with E-state index in [0.717, 1.165) is 0 Å². The minimum atomic E-state index is -0.252. The average molecular weight is 130 g/mol. The van der Waals surface area contributed by atoms with Crippen LogP contribution in [-0.4, -0.2) is 23.8 Å². The van der Waals surface area contributed by atoms with Crippen LogP contribution in [0.25, 0.3) is 0 Å². The zero-order valence-corrected chi connectivity index (χ0v) is 5.33. The first kappa shape index (κ1) is 6.55. The molecule has 0 aromatic rings. The summed E-state index contributed by atoms with van der Waals surface area (Å²) in [5.41, 5.74) is 0. The fourth-order valence-corrected chi connectivity index (χ4v) is 0.945. The predicted molar refractivity (Wildman–Crippen MR) is 30.7 cm³/mol. The van der Waals surface area contributed by atoms with E-state index in [1.165, 1.54) is 0 Å². The molecule has 0 unspecified atom stereocenters. The Morgan fingerprint density at radius 2 is 2.56 bits per heavy atom. The van der Waals surface area contributed by atoms with Gasteiger partial charge in [-0.3, -0.25) is 4.79 Å². The van der Waals surface area contributed by atoms with Crippen LogP contribution in [0.3, 0.4) is 0 Å². The first-order valence-electron chi connectivity index (χ1n) is 3.04. The van der Waals surface area contributed by atoms with Gasteiger partial charge in [-0.25, -0.2) is 0 Å². The summed E-state index contributed by atoms with van der Waals surface area (Å²) >= 11 is 0. The molecule has 1 rings (SSSR count). The third kappa shape index (κ3) is 1.21. The molecule has 0 spiro atoms. The highest BCUT2D eigenvalue weighted by atomic mass is 16.6. The molecule has 0 saturated carbocycles. The number of esters is 1. The summed E-state index contributed by atoms with van der Waals surface area (Å²) in [4.78, 5) is 10.5. The van der Waals surface area contributed by atoms with Gasteiger partial charge < -0.3 is 9.84 Å². The van der Waals surface area contributed by atoms with E-state index in [1.54, 1.807) is 0 Å². The molecule has 1 saturated heterocycles. The molecule has 0 aromatic carbocycles. The first-order chi connectivity index (χ1) is 4.24. The van der Waals surface area contributed by atoms with E-state index in [9.17, 15) is 4.79 Å². The van der Waals surface area contributed by atoms with Crippen LogP contribution in [0, 0.1) is 5.92 Å². The highest BCUT2D eigenvalue weighted by Crippen LogP contribution is 2.20. The van der Waals surface area contributed by atoms with Crippen LogP contribution in [0.2, 0.25) is 0 Å². The number of hydrogen-bond acceptors (Lipinski definition) is 3. The van der Waals surface area contributed by atoms with E-state index in [2.05, 4.69) is 0 Å². The number of carbonyl (C=O) groups is 1. The van der Waals surface area contributed by atoms with Gasteiger partial charge in [0.15, 0.2) is 0 Å². The minimum absolute atomic E-state index is 0.0487. The molecule has 0 aromatic heterocycles. The molecule has 0 bridgehead atoms. The summed E-state index contributed by atoms with van der Waals surface area (Å²) in [6.07, 6.45) is 0.197. The van der Waals surface area contributed by atoms with Gasteiger partial charge in [0.25, 0.3) is 0 Å². The summed E-state index contributed by atoms with van der Waals surface area (Å²) in [6, 6.07) is 0. The molecule has 2 atom stereocenters. The van der Waals surface area contributed by atoms with Crippen molar-refractivity contribution in [3.05, 3.63) is 0 Å². The lowest BCUT2D eigenvalue weighted by Crippen LogP contribution is -2.17. The largest absolute Gasteiger partial charge is 0.460 e. The van der Waals surface area contributed by atoms with Gasteiger partial charge in [0.1, 0.15) is 6.10 Å². The van der Waals surface area contributed by atoms with Crippen LogP contribution < -0.4 is 0 Å². The lowest BCUT2D eigenvalue weighted by molar-refractivity contribution is -0.142. The smallest absolute Gasteiger partial charge is 0.306 e. The Morgan fingerprint density at radius 3 is 2.78 bits per heavy atom. The van der Waals surface area contributed by atoms with Crippen molar-refractivity contribution in [3.8, 4) is 0 Å². The molecular formula is C6H10O3. The van der Waals surface area contributed by atoms with Gasteiger partial charge in [0.05, 0.1) is 13.0 Å². The van der Waals surface area contributed by atoms with Crippen LogP contribution in [0.1, 0.15) is 13.3 Å². The molecule has 0 aliphatic carbocycles. The second-order valence-electron chi connectivity index (χ2n) is 2.39. The predicted octanol–water partition coefficient (Wildman–Crippen LogP) is -0.0697. The Bertz CT molecular complexity index is 121. The van der Waals surface area contributed by atoms with E-state index in [0.29, 0.717) is 6.42 Å². The van der Waals surface area contributed by atoms with Crippen LogP contribution in [0.4, 0.5) is 0 Å². The summed E-state index contributed by atoms with van der Waals surface area (Å²) < 4.78 is 4.73. The van der Waals surface area contributed by atoms with Gasteiger partial charge in [-0.05, 0) is 0 Å². The monoisotopic (exact) mass is 130 g/mol. The highest BCUT2D eigenvalue weighted by Gasteiger charge is 2.30. The van der Waals surface area contributed by atoms with Crippen LogP contribution in [0.5, 0.6) is 0 Å². The maximum absolute atomic E-state index is 10.5. The average Bonchev–Trinajstić information content (AvgIpc) is 2.10. The van der Waals surface area contributed by atoms with Gasteiger partial charge in [-0.15, -0.1) is 0 Å². The van der Waals surface area contributed by atoms with E-state index in [4.69, 9.17) is 9.84 Å². The quantitative estimate of drug-likeness (QED) is 0.505. The normalized spacial score (nSPS) is 34.7. The standard InChI is InChI=1S/C6H10O3/c1-4-2-6(8)9-5(4)3-7/h4-5,7H,2-3H2,1H3/t4-,5-/m0/s1. The summed E-state index contributed by atoms with van der Waals surface area (Å²) in [5.74, 6) is -0.0101. The van der Waals surface area contributed by atoms with Crippen molar-refractivity contribution in [3.63, 3.8) is 0 Å². The fourth-order valence-electron chi connectivity index (χ4n) is 0.945. The van der Waals surface area contributed by atoms with Gasteiger partial charge in [0, 0.05) is 5.92 Å². The molecule has 3 nitrogen and oxygen atoms in total. The van der Waals surface area contributed by atoms with Crippen molar-refractivity contribution in [2.45, 2.75) is 19.4 Å². The van der Waals surface area contributed by atoms with E-state index < -0.39 is 0 Å². The van der Waals surface area contributed by atoms with E-state index in [1.807, 2.05) is 6.92 Å². The number of aliphatic hydroxyl groups excluding tert-OH is 1. The number of ether oxygens (including phenoxy) is 1. The Morgan fingerprint density at radius 1 is 1.89 bits per heavy atom. The van der Waals surface area contributed by atoms with E-state index >= 15 is 0 Å². The Kier molecular flexibility index (Phi) is 1.71. The molecule has 0 amide bonds. The molecule has 1 aliphatic heterocycles. The second kappa shape index (κ2) is 2.35. The van der Waals surface area contributed by atoms with Crippen molar-refractivity contribution in [1.82, 2.24) is 0 Å². The lowest BCUT2D eigenvalue weighted by atomic mass is 10.1. The van der Waals surface area contributed by atoms with Crippen LogP contribution in [0.15, 0.2) is 0 Å². The van der Waals surface area contributed by atoms with E-state index in [-0.39, 0.29) is 24.6 Å². The molecule has 52 valence electrons. The Hall–Kier alpha value is -0.570. The maximum atomic E-state index is 10.5. The highest BCUT2D eigenvalue weighted by molar-refractivity contribution is 5.71. The molecule has 9 heavy (non-hydrogen) atoms. The Labute approximate surface area is 53.6 Å². The summed E-state index contributed by atoms with van der Waals surface area (Å²) in [7, 11) is 0. The molecule has 0 radical (unpaired) electrons. The van der Waals surface area contributed by atoms with Crippen molar-refractivity contribution < 1.29 is 14.6 Å². The Balaban J connectivity index is 2.47. The number of aliphatic hydroxyl groups is 1. The van der Waals surface area contributed by atoms with Gasteiger partial charge in [-0.1, -0.05) is 6.92 Å². The molecule has 3 heteroatoms. The third-order valence-electron chi connectivity index (χ3n) is 1.59. The number of rotatable bonds is 1. The number of cyclic esters (lactones) is 1. The molecular weight excluding hydrogens is 120 g/mol. The van der Waals surface area contributed by atoms with Crippen LogP contribution >= 0.6 is 0 Å². The lowest BCUT2D eigenvalue weighted by Gasteiger charge is -2.07. The van der Waals surface area contributed by atoms with Crippen LogP contribution in [-0.2, 0) is 9.53 Å². The molecule has 1 aliphatic rings. The first-order valence-corrected chi connectivity index (χ1v) is 3.04. The molecule has 1 fully saturated rings. The van der Waals surface area contributed by atoms with Gasteiger partial charge >= 0.3 is 5.97 Å². The zero-order chi connectivity index (χ0) is 6.85. The maximum Gasteiger partial charge on any atom is 0.306 e. The SMILES string of the molecule is C[C@H]1CC(=O)O[C@H]1CO. The molecule has 1 N–H and O–H groups in total.